The Bertz CT molecular complexity index is 1810. The van der Waals surface area contributed by atoms with Gasteiger partial charge in [-0.2, -0.15) is 0 Å². The van der Waals surface area contributed by atoms with Crippen LogP contribution >= 0.6 is 22.9 Å². The van der Waals surface area contributed by atoms with Crippen molar-refractivity contribution >= 4 is 35.0 Å². The number of hydrogen-bond acceptors (Lipinski definition) is 7. The quantitative estimate of drug-likeness (QED) is 0.264. The summed E-state index contributed by atoms with van der Waals surface area (Å²) in [7, 11) is 1.53. The van der Waals surface area contributed by atoms with Gasteiger partial charge >= 0.3 is 5.97 Å². The van der Waals surface area contributed by atoms with Gasteiger partial charge in [0.1, 0.15) is 12.4 Å². The molecule has 210 valence electrons. The Morgan fingerprint density at radius 3 is 2.51 bits per heavy atom. The number of esters is 1. The Balaban J connectivity index is 1.53. The number of aromatic nitrogens is 1. The molecule has 0 N–H and O–H groups in total. The van der Waals surface area contributed by atoms with Crippen LogP contribution in [0.5, 0.6) is 11.5 Å². The smallest absolute Gasteiger partial charge is 0.338 e. The molecule has 0 saturated heterocycles. The molecular weight excluding hydrogens is 567 g/mol. The highest BCUT2D eigenvalue weighted by Crippen LogP contribution is 2.32. The van der Waals surface area contributed by atoms with Gasteiger partial charge in [-0.05, 0) is 73.0 Å². The number of thiazole rings is 1. The molecule has 10 heteroatoms. The van der Waals surface area contributed by atoms with Crippen LogP contribution in [0.15, 0.2) is 87.8 Å². The predicted molar refractivity (Wildman–Crippen MR) is 156 cm³/mol. The van der Waals surface area contributed by atoms with E-state index in [1.807, 2.05) is 6.07 Å². The normalized spacial score (nSPS) is 14.9. The summed E-state index contributed by atoms with van der Waals surface area (Å²) < 4.78 is 31.9. The summed E-state index contributed by atoms with van der Waals surface area (Å²) in [4.78, 5) is 31.9. The van der Waals surface area contributed by atoms with Gasteiger partial charge in [0.05, 0.1) is 35.6 Å². The number of nitrogens with zero attached hydrogens (tertiary/aromatic N) is 2. The molecule has 1 aromatic heterocycles. The molecular formula is C31H26ClFN2O5S. The highest BCUT2D eigenvalue weighted by Gasteiger charge is 2.33. The number of carbonyl (C=O) groups is 1. The number of allylic oxidation sites excluding steroid dienone is 1. The number of carbonyl (C=O) groups excluding carboxylic acids is 1. The molecule has 1 atom stereocenters. The van der Waals surface area contributed by atoms with E-state index in [1.54, 1.807) is 68.5 Å². The molecule has 7 nitrogen and oxygen atoms in total. The van der Waals surface area contributed by atoms with Crippen LogP contribution in [0.1, 0.15) is 36.6 Å². The number of ether oxygens (including phenoxy) is 3. The lowest BCUT2D eigenvalue weighted by Gasteiger charge is -2.24. The van der Waals surface area contributed by atoms with Gasteiger partial charge in [0.25, 0.3) is 5.56 Å². The summed E-state index contributed by atoms with van der Waals surface area (Å²) in [5.74, 6) is 0.151. The van der Waals surface area contributed by atoms with Crippen molar-refractivity contribution in [1.82, 2.24) is 4.57 Å². The van der Waals surface area contributed by atoms with Crippen LogP contribution in [0.2, 0.25) is 5.02 Å². The lowest BCUT2D eigenvalue weighted by atomic mass is 9.96. The van der Waals surface area contributed by atoms with Gasteiger partial charge in [0, 0.05) is 5.02 Å². The van der Waals surface area contributed by atoms with E-state index in [4.69, 9.17) is 25.8 Å². The largest absolute Gasteiger partial charge is 0.493 e. The van der Waals surface area contributed by atoms with Crippen molar-refractivity contribution in [3.05, 3.63) is 125 Å². The first-order valence-corrected chi connectivity index (χ1v) is 14.0. The molecule has 0 fully saturated rings. The van der Waals surface area contributed by atoms with Gasteiger partial charge in [-0.3, -0.25) is 9.36 Å². The Hall–Kier alpha value is -4.21. The molecule has 0 unspecified atom stereocenters. The molecule has 0 amide bonds. The van der Waals surface area contributed by atoms with Crippen LogP contribution in [0.25, 0.3) is 6.08 Å². The van der Waals surface area contributed by atoms with Crippen molar-refractivity contribution in [2.45, 2.75) is 26.5 Å². The van der Waals surface area contributed by atoms with E-state index < -0.39 is 12.0 Å². The number of halogens is 2. The first kappa shape index (κ1) is 28.3. The zero-order valence-electron chi connectivity index (χ0n) is 22.5. The van der Waals surface area contributed by atoms with Crippen LogP contribution in [0.4, 0.5) is 4.39 Å². The predicted octanol–water partition coefficient (Wildman–Crippen LogP) is 5.18. The van der Waals surface area contributed by atoms with Gasteiger partial charge in [-0.25, -0.2) is 14.2 Å². The summed E-state index contributed by atoms with van der Waals surface area (Å²) in [5.41, 5.74) is 2.73. The van der Waals surface area contributed by atoms with E-state index in [0.717, 1.165) is 5.56 Å². The van der Waals surface area contributed by atoms with Crippen LogP contribution in [0, 0.1) is 5.82 Å². The summed E-state index contributed by atoms with van der Waals surface area (Å²) in [6.45, 7) is 3.90. The van der Waals surface area contributed by atoms with Gasteiger partial charge in [0.15, 0.2) is 16.3 Å². The van der Waals surface area contributed by atoms with Gasteiger partial charge in [-0.1, -0.05) is 53.3 Å². The maximum absolute atomic E-state index is 13.8. The summed E-state index contributed by atoms with van der Waals surface area (Å²) in [6.07, 6.45) is 1.75. The number of benzene rings is 3. The minimum absolute atomic E-state index is 0.193. The fourth-order valence-electron chi connectivity index (χ4n) is 4.54. The number of rotatable bonds is 8. The second kappa shape index (κ2) is 12.1. The van der Waals surface area contributed by atoms with Crippen molar-refractivity contribution in [2.75, 3.05) is 13.7 Å². The maximum Gasteiger partial charge on any atom is 0.338 e. The second-order valence-electron chi connectivity index (χ2n) is 9.18. The molecule has 41 heavy (non-hydrogen) atoms. The molecule has 5 rings (SSSR count). The highest BCUT2D eigenvalue weighted by molar-refractivity contribution is 7.07. The van der Waals surface area contributed by atoms with Crippen LogP contribution < -0.4 is 24.4 Å². The van der Waals surface area contributed by atoms with E-state index in [9.17, 15) is 14.0 Å². The van der Waals surface area contributed by atoms with Gasteiger partial charge < -0.3 is 14.2 Å². The minimum Gasteiger partial charge on any atom is -0.493 e. The van der Waals surface area contributed by atoms with Crippen molar-refractivity contribution < 1.29 is 23.4 Å². The lowest BCUT2D eigenvalue weighted by molar-refractivity contribution is -0.139. The standard InChI is InChI=1S/C31H26ClFN2O5S/c1-4-39-30(37)27-18(2)34-31-35(28(27)21-8-10-22(32)11-9-21)29(36)26(41-31)16-20-7-14-24(25(15-20)38-3)40-17-19-5-12-23(33)13-6-19/h5-16,28H,4,17H2,1-3H3/b26-16-/t28-/m1/s1. The second-order valence-corrected chi connectivity index (χ2v) is 10.6. The van der Waals surface area contributed by atoms with Crippen LogP contribution in [-0.4, -0.2) is 24.3 Å². The molecule has 3 aromatic carbocycles. The Morgan fingerprint density at radius 2 is 1.83 bits per heavy atom. The fourth-order valence-corrected chi connectivity index (χ4v) is 5.71. The van der Waals surface area contributed by atoms with E-state index in [2.05, 4.69) is 4.99 Å². The Morgan fingerprint density at radius 1 is 1.10 bits per heavy atom. The third-order valence-electron chi connectivity index (χ3n) is 6.50. The average Bonchev–Trinajstić information content (AvgIpc) is 3.26. The van der Waals surface area contributed by atoms with Crippen LogP contribution in [-0.2, 0) is 16.1 Å². The zero-order valence-corrected chi connectivity index (χ0v) is 24.1. The van der Waals surface area contributed by atoms with Gasteiger partial charge in [-0.15, -0.1) is 0 Å². The third-order valence-corrected chi connectivity index (χ3v) is 7.73. The van der Waals surface area contributed by atoms with E-state index >= 15 is 0 Å². The van der Waals surface area contributed by atoms with Crippen molar-refractivity contribution in [3.63, 3.8) is 0 Å². The molecule has 4 aromatic rings. The summed E-state index contributed by atoms with van der Waals surface area (Å²) in [5, 5.41) is 0.540. The van der Waals surface area contributed by atoms with E-state index in [-0.39, 0.29) is 24.6 Å². The molecule has 0 spiro atoms. The van der Waals surface area contributed by atoms with E-state index in [1.165, 1.54) is 35.1 Å². The maximum atomic E-state index is 13.8. The van der Waals surface area contributed by atoms with E-state index in [0.29, 0.717) is 48.3 Å². The highest BCUT2D eigenvalue weighted by atomic mass is 35.5. The fraction of sp³-hybridized carbons (Fsp3) is 0.194. The van der Waals surface area contributed by atoms with Crippen molar-refractivity contribution in [2.24, 2.45) is 4.99 Å². The third kappa shape index (κ3) is 5.96. The summed E-state index contributed by atoms with van der Waals surface area (Å²) in [6, 6.07) is 17.7. The molecule has 0 radical (unpaired) electrons. The topological polar surface area (TPSA) is 79.1 Å². The Labute approximate surface area is 244 Å². The first-order chi connectivity index (χ1) is 19.8. The van der Waals surface area contributed by atoms with Gasteiger partial charge in [0.2, 0.25) is 0 Å². The first-order valence-electron chi connectivity index (χ1n) is 12.8. The van der Waals surface area contributed by atoms with Crippen LogP contribution in [0.3, 0.4) is 0 Å². The molecule has 0 aliphatic carbocycles. The lowest BCUT2D eigenvalue weighted by Crippen LogP contribution is -2.39. The van der Waals surface area contributed by atoms with Crippen molar-refractivity contribution in [1.29, 1.82) is 0 Å². The minimum atomic E-state index is -0.721. The summed E-state index contributed by atoms with van der Waals surface area (Å²) >= 11 is 7.35. The van der Waals surface area contributed by atoms with Crippen molar-refractivity contribution in [3.8, 4) is 11.5 Å². The molecule has 1 aliphatic heterocycles. The monoisotopic (exact) mass is 592 g/mol. The number of hydrogen-bond donors (Lipinski definition) is 0. The SMILES string of the molecule is CCOC(=O)C1=C(C)N=c2s/c(=C\c3ccc(OCc4ccc(F)cc4)c(OC)c3)c(=O)n2[C@@H]1c1ccc(Cl)cc1. The molecule has 0 bridgehead atoms. The molecule has 2 heterocycles. The zero-order chi connectivity index (χ0) is 29.1. The Kier molecular flexibility index (Phi) is 8.37. The average molecular weight is 593 g/mol. The number of methoxy groups -OCH3 is 1. The molecule has 1 aliphatic rings. The number of fused-ring (bicyclic) bond motifs is 1. The molecule has 0 saturated carbocycles.